The van der Waals surface area contributed by atoms with Crippen LogP contribution in [0.2, 0.25) is 19.6 Å². The molecule has 2 saturated carbocycles. The summed E-state index contributed by atoms with van der Waals surface area (Å²) in [5, 5.41) is 13.3. The van der Waals surface area contributed by atoms with Gasteiger partial charge in [0.1, 0.15) is 23.6 Å². The van der Waals surface area contributed by atoms with E-state index in [9.17, 15) is 14.7 Å². The lowest BCUT2D eigenvalue weighted by Gasteiger charge is -2.68. The molecule has 0 radical (unpaired) electrons. The third-order valence-corrected chi connectivity index (χ3v) is 12.2. The van der Waals surface area contributed by atoms with Crippen LogP contribution in [0.4, 0.5) is 0 Å². The van der Waals surface area contributed by atoms with E-state index >= 15 is 4.79 Å². The Balaban J connectivity index is 1.82. The van der Waals surface area contributed by atoms with Crippen molar-refractivity contribution in [2.45, 2.75) is 110 Å². The zero-order valence-electron chi connectivity index (χ0n) is 27.3. The molecule has 1 saturated heterocycles. The van der Waals surface area contributed by atoms with Crippen LogP contribution in [0.25, 0.3) is 0 Å². The number of carbonyl (C=O) groups is 3. The van der Waals surface area contributed by atoms with Crippen LogP contribution in [0.5, 0.6) is 0 Å². The van der Waals surface area contributed by atoms with Crippen LogP contribution in [-0.2, 0) is 28.2 Å². The van der Waals surface area contributed by atoms with Crippen LogP contribution >= 0.6 is 0 Å². The van der Waals surface area contributed by atoms with E-state index in [1.807, 2.05) is 47.6 Å². The lowest BCUT2D eigenvalue weighted by molar-refractivity contribution is -0.339. The minimum absolute atomic E-state index is 0.0132. The number of fused-ring (bicyclic) bond motifs is 5. The fourth-order valence-corrected chi connectivity index (χ4v) is 10.1. The standard InChI is InChI=1S/C34H48O8Si/c1-19-16-25-33(18-39-25,41-22(4)35)27-29(40-30(37)23-14-12-11-13-15-23)34(38)17-24(42-43(8,9)10)20(2)26(31(34,5)6)21(3)28(36)32(19,27)7/h11-15,19,21,24-25,27,29,38H,16-18H2,1-10H3/t19-,21+,24?,25?,27?,29?,32+,33?,34?/m0/s1. The second kappa shape index (κ2) is 10.4. The first-order chi connectivity index (χ1) is 19.8. The van der Waals surface area contributed by atoms with Crippen LogP contribution in [-0.4, -0.2) is 67.3 Å². The molecule has 8 nitrogen and oxygen atoms in total. The van der Waals surface area contributed by atoms with Crippen molar-refractivity contribution in [3.63, 3.8) is 0 Å². The fraction of sp³-hybridized carbons (Fsp3) is 0.676. The first-order valence-corrected chi connectivity index (χ1v) is 18.9. The zero-order chi connectivity index (χ0) is 31.9. The highest BCUT2D eigenvalue weighted by molar-refractivity contribution is 6.69. The molecule has 1 aromatic rings. The summed E-state index contributed by atoms with van der Waals surface area (Å²) in [6, 6.07) is 8.66. The molecular weight excluding hydrogens is 564 g/mol. The number of Topliss-reactive ketones (excluding diaryl/α,β-unsaturated/α-hetero) is 1. The Morgan fingerprint density at radius 3 is 2.23 bits per heavy atom. The smallest absolute Gasteiger partial charge is 0.338 e. The number of rotatable bonds is 5. The van der Waals surface area contributed by atoms with Gasteiger partial charge in [-0.3, -0.25) is 9.59 Å². The minimum Gasteiger partial charge on any atom is -0.455 e. The number of hydrogen-bond acceptors (Lipinski definition) is 8. The predicted molar refractivity (Wildman–Crippen MR) is 164 cm³/mol. The van der Waals surface area contributed by atoms with Crippen LogP contribution in [0.1, 0.15) is 71.7 Å². The molecule has 0 amide bonds. The maximum absolute atomic E-state index is 15.0. The summed E-state index contributed by atoms with van der Waals surface area (Å²) in [7, 11) is -2.13. The molecule has 6 unspecified atom stereocenters. The number of carbonyl (C=O) groups excluding carboxylic acids is 3. The number of benzene rings is 1. The van der Waals surface area contributed by atoms with Crippen molar-refractivity contribution in [3.8, 4) is 0 Å². The monoisotopic (exact) mass is 612 g/mol. The molecule has 236 valence electrons. The average molecular weight is 613 g/mol. The normalized spacial score (nSPS) is 40.3. The lowest BCUT2D eigenvalue weighted by atomic mass is 9.42. The molecule has 4 aliphatic rings. The van der Waals surface area contributed by atoms with Gasteiger partial charge < -0.3 is 23.7 Å². The maximum Gasteiger partial charge on any atom is 0.338 e. The summed E-state index contributed by atoms with van der Waals surface area (Å²) in [6.45, 7) is 19.4. The molecule has 9 atom stereocenters. The van der Waals surface area contributed by atoms with Gasteiger partial charge >= 0.3 is 11.9 Å². The molecule has 2 bridgehead atoms. The van der Waals surface area contributed by atoms with Gasteiger partial charge in [-0.1, -0.05) is 52.8 Å². The quantitative estimate of drug-likeness (QED) is 0.264. The third-order valence-electron chi connectivity index (χ3n) is 11.2. The van der Waals surface area contributed by atoms with E-state index in [0.29, 0.717) is 12.0 Å². The van der Waals surface area contributed by atoms with Gasteiger partial charge in [-0.25, -0.2) is 4.79 Å². The van der Waals surface area contributed by atoms with Crippen LogP contribution in [0, 0.1) is 28.6 Å². The molecule has 43 heavy (non-hydrogen) atoms. The van der Waals surface area contributed by atoms with Gasteiger partial charge in [0.2, 0.25) is 0 Å². The molecule has 9 heteroatoms. The Morgan fingerprint density at radius 2 is 1.70 bits per heavy atom. The van der Waals surface area contributed by atoms with Crippen LogP contribution in [0.15, 0.2) is 41.5 Å². The van der Waals surface area contributed by atoms with Crippen molar-refractivity contribution < 1.29 is 38.1 Å². The van der Waals surface area contributed by atoms with Crippen molar-refractivity contribution in [1.82, 2.24) is 0 Å². The van der Waals surface area contributed by atoms with Gasteiger partial charge in [0.15, 0.2) is 13.9 Å². The van der Waals surface area contributed by atoms with Crippen LogP contribution < -0.4 is 0 Å². The van der Waals surface area contributed by atoms with Crippen molar-refractivity contribution in [3.05, 3.63) is 47.0 Å². The Bertz CT molecular complexity index is 1350. The van der Waals surface area contributed by atoms with Crippen molar-refractivity contribution in [2.24, 2.45) is 28.6 Å². The first-order valence-electron chi connectivity index (χ1n) is 15.5. The summed E-state index contributed by atoms with van der Waals surface area (Å²) in [4.78, 5) is 41.7. The van der Waals surface area contributed by atoms with E-state index in [-0.39, 0.29) is 24.7 Å². The Kier molecular flexibility index (Phi) is 7.73. The molecule has 1 aliphatic heterocycles. The lowest BCUT2D eigenvalue weighted by Crippen LogP contribution is -2.80. The first kappa shape index (κ1) is 32.1. The fourth-order valence-electron chi connectivity index (χ4n) is 8.99. The number of hydrogen-bond donors (Lipinski definition) is 1. The zero-order valence-corrected chi connectivity index (χ0v) is 28.3. The van der Waals surface area contributed by atoms with Gasteiger partial charge in [-0.15, -0.1) is 0 Å². The van der Waals surface area contributed by atoms with E-state index in [1.54, 1.807) is 24.3 Å². The van der Waals surface area contributed by atoms with Gasteiger partial charge in [0.25, 0.3) is 0 Å². The van der Waals surface area contributed by atoms with Gasteiger partial charge in [-0.2, -0.15) is 0 Å². The van der Waals surface area contributed by atoms with E-state index in [0.717, 1.165) is 11.1 Å². The maximum atomic E-state index is 15.0. The molecule has 0 spiro atoms. The summed E-state index contributed by atoms with van der Waals surface area (Å²) < 4.78 is 25.4. The Morgan fingerprint density at radius 1 is 1.07 bits per heavy atom. The molecule has 1 aromatic carbocycles. The number of ether oxygens (including phenoxy) is 3. The van der Waals surface area contributed by atoms with Gasteiger partial charge in [0.05, 0.1) is 24.2 Å². The number of aliphatic hydroxyl groups is 1. The molecule has 1 N–H and O–H groups in total. The molecule has 1 heterocycles. The third kappa shape index (κ3) is 4.68. The molecule has 0 aromatic heterocycles. The van der Waals surface area contributed by atoms with E-state index < -0.39 is 72.4 Å². The van der Waals surface area contributed by atoms with Gasteiger partial charge in [0, 0.05) is 30.1 Å². The summed E-state index contributed by atoms with van der Waals surface area (Å²) in [5.74, 6) is -2.76. The van der Waals surface area contributed by atoms with Crippen molar-refractivity contribution >= 4 is 26.0 Å². The van der Waals surface area contributed by atoms with Gasteiger partial charge in [-0.05, 0) is 62.2 Å². The average Bonchev–Trinajstić information content (AvgIpc) is 2.90. The minimum atomic E-state index is -2.13. The summed E-state index contributed by atoms with van der Waals surface area (Å²) >= 11 is 0. The Hall–Kier alpha value is -2.33. The van der Waals surface area contributed by atoms with E-state index in [2.05, 4.69) is 19.6 Å². The molecule has 3 fully saturated rings. The highest BCUT2D eigenvalue weighted by Gasteiger charge is 2.76. The largest absolute Gasteiger partial charge is 0.455 e. The molecule has 5 rings (SSSR count). The molecular formula is C34H48O8Si. The highest BCUT2D eigenvalue weighted by Crippen LogP contribution is 2.66. The van der Waals surface area contributed by atoms with Crippen LogP contribution in [0.3, 0.4) is 0 Å². The second-order valence-corrected chi connectivity index (χ2v) is 19.6. The summed E-state index contributed by atoms with van der Waals surface area (Å²) in [6.07, 6.45) is -1.53. The topological polar surface area (TPSA) is 108 Å². The predicted octanol–water partition coefficient (Wildman–Crippen LogP) is 5.49. The van der Waals surface area contributed by atoms with E-state index in [1.165, 1.54) is 6.92 Å². The number of ketones is 1. The summed E-state index contributed by atoms with van der Waals surface area (Å²) in [5.41, 5.74) is -2.92. The second-order valence-electron chi connectivity index (χ2n) is 15.1. The molecule has 3 aliphatic carbocycles. The van der Waals surface area contributed by atoms with E-state index in [4.69, 9.17) is 18.6 Å². The highest BCUT2D eigenvalue weighted by atomic mass is 28.4. The van der Waals surface area contributed by atoms with Crippen molar-refractivity contribution in [1.29, 1.82) is 0 Å². The SMILES string of the molecule is CC(=O)OC12COC1C[C@H](C)[C@@]1(C)C(=O)[C@H](C)C3=C(C)C(O[Si](C)(C)C)CC(O)(C(OC(=O)c4ccccc4)C21)C3(C)C. The Labute approximate surface area is 256 Å². The number of esters is 2. The van der Waals surface area contributed by atoms with Crippen molar-refractivity contribution in [2.75, 3.05) is 6.61 Å².